The van der Waals surface area contributed by atoms with E-state index in [9.17, 15) is 19.8 Å². The Balaban J connectivity index is 0.000000764. The van der Waals surface area contributed by atoms with E-state index in [1.165, 1.54) is 0 Å². The van der Waals surface area contributed by atoms with Gasteiger partial charge in [0.1, 0.15) is 0 Å². The summed E-state index contributed by atoms with van der Waals surface area (Å²) in [6.07, 6.45) is 5.97. The minimum Gasteiger partial charge on any atom is -0.481 e. The van der Waals surface area contributed by atoms with Crippen LogP contribution in [0.1, 0.15) is 105 Å². The number of aromatic amines is 2. The van der Waals surface area contributed by atoms with Gasteiger partial charge in [-0.3, -0.25) is 9.59 Å². The molecule has 0 spiro atoms. The second-order valence-corrected chi connectivity index (χ2v) is 12.2. The minimum absolute atomic E-state index is 0.0259. The number of aromatic nitrogens is 4. The van der Waals surface area contributed by atoms with Crippen LogP contribution < -0.4 is 0 Å². The second kappa shape index (κ2) is 18.1. The molecule has 5 heterocycles. The molecule has 10 nitrogen and oxygen atoms in total. The van der Waals surface area contributed by atoms with Crippen molar-refractivity contribution in [2.75, 3.05) is 13.2 Å². The van der Waals surface area contributed by atoms with E-state index in [-0.39, 0.29) is 12.8 Å². The standard InChI is InChI=1S/C34H34N4O4.2C3H8O/c1-7-21-17(3)25-13-26-19(5)23(9-11-33(39)40)31(37-26)16-32-24(10-12-34(41)42)20(6)28(38-32)15-30-22(8-2)18(4)27(36-30)14-29(21)35-25;2*1-2-3-4/h7-8,13-16,35,38H,1-2,9-12H2,3-6H3,(H,39,40)(H,41,42);2*4H,2-3H2,1H3. The summed E-state index contributed by atoms with van der Waals surface area (Å²) in [6, 6.07) is 7.88. The van der Waals surface area contributed by atoms with Gasteiger partial charge in [-0.15, -0.1) is 0 Å². The van der Waals surface area contributed by atoms with E-state index in [4.69, 9.17) is 20.2 Å². The number of allylic oxidation sites excluding steroid dienone is 5. The van der Waals surface area contributed by atoms with Gasteiger partial charge in [-0.1, -0.05) is 39.2 Å². The molecule has 5 rings (SSSR count). The largest absolute Gasteiger partial charge is 0.481 e. The van der Waals surface area contributed by atoms with Gasteiger partial charge in [0.25, 0.3) is 0 Å². The predicted molar refractivity (Wildman–Crippen MR) is 203 cm³/mol. The molecule has 0 fully saturated rings. The lowest BCUT2D eigenvalue weighted by Gasteiger charge is -2.03. The van der Waals surface area contributed by atoms with E-state index in [0.29, 0.717) is 31.7 Å². The Morgan fingerprint density at radius 2 is 1.16 bits per heavy atom. The van der Waals surface area contributed by atoms with Crippen LogP contribution in [0.25, 0.3) is 50.4 Å². The molecule has 0 saturated carbocycles. The number of hydrogen-bond acceptors (Lipinski definition) is 6. The maximum atomic E-state index is 11.5. The summed E-state index contributed by atoms with van der Waals surface area (Å²) in [6.45, 7) is 20.5. The number of hydrogen-bond donors (Lipinski definition) is 6. The van der Waals surface area contributed by atoms with Gasteiger partial charge in [-0.05, 0) is 111 Å². The summed E-state index contributed by atoms with van der Waals surface area (Å²) in [7, 11) is 0. The molecule has 0 radical (unpaired) electrons. The first kappa shape index (κ1) is 39.4. The molecule has 0 saturated heterocycles. The SMILES string of the molecule is C=CC1=C(C)c2cc3[nH]c(cc4nc(cc5[nH]c(cc1n2)c(C)c5CCC(=O)O)C(CCC(=O)O)=C4C)c(C)c3C=C.CCCO.CCCO. The summed E-state index contributed by atoms with van der Waals surface area (Å²) in [5.74, 6) is -1.76. The maximum absolute atomic E-state index is 11.5. The predicted octanol–water partition coefficient (Wildman–Crippen LogP) is 8.28. The molecule has 3 aromatic rings. The van der Waals surface area contributed by atoms with Crippen LogP contribution in [0.4, 0.5) is 0 Å². The van der Waals surface area contributed by atoms with Crippen LogP contribution in [0.2, 0.25) is 0 Å². The highest BCUT2D eigenvalue weighted by atomic mass is 16.4. The highest BCUT2D eigenvalue weighted by Gasteiger charge is 2.21. The number of carboxylic acid groups (broad SMARTS) is 2. The van der Waals surface area contributed by atoms with Crippen molar-refractivity contribution in [2.45, 2.75) is 80.1 Å². The zero-order valence-electron chi connectivity index (χ0n) is 30.0. The molecular formula is C40H50N4O6. The molecule has 2 aliphatic rings. The molecule has 0 amide bonds. The highest BCUT2D eigenvalue weighted by Crippen LogP contribution is 2.36. The van der Waals surface area contributed by atoms with Gasteiger partial charge in [0.2, 0.25) is 0 Å². The maximum Gasteiger partial charge on any atom is 0.303 e. The minimum atomic E-state index is -0.883. The third-order valence-corrected chi connectivity index (χ3v) is 8.67. The Labute approximate surface area is 293 Å². The first-order valence-corrected chi connectivity index (χ1v) is 16.9. The van der Waals surface area contributed by atoms with Crippen LogP contribution in [0.3, 0.4) is 0 Å². The molecule has 50 heavy (non-hydrogen) atoms. The van der Waals surface area contributed by atoms with Crippen molar-refractivity contribution in [3.8, 4) is 0 Å². The number of H-pyrrole nitrogens is 2. The van der Waals surface area contributed by atoms with E-state index >= 15 is 0 Å². The van der Waals surface area contributed by atoms with Gasteiger partial charge in [-0.25, -0.2) is 9.97 Å². The Kier molecular flexibility index (Phi) is 14.2. The number of carbonyl (C=O) groups is 2. The van der Waals surface area contributed by atoms with Gasteiger partial charge >= 0.3 is 11.9 Å². The number of nitrogens with zero attached hydrogens (tertiary/aromatic N) is 2. The summed E-state index contributed by atoms with van der Waals surface area (Å²) < 4.78 is 0. The van der Waals surface area contributed by atoms with E-state index in [1.807, 2.05) is 71.9 Å². The van der Waals surface area contributed by atoms with Crippen molar-refractivity contribution in [3.05, 3.63) is 88.5 Å². The van der Waals surface area contributed by atoms with E-state index < -0.39 is 11.9 Å². The Bertz CT molecular complexity index is 1990. The summed E-state index contributed by atoms with van der Waals surface area (Å²) in [5, 5.41) is 34.7. The van der Waals surface area contributed by atoms with E-state index in [1.54, 1.807) is 6.08 Å². The smallest absolute Gasteiger partial charge is 0.303 e. The number of fused-ring (bicyclic) bond motifs is 8. The quantitative estimate of drug-likeness (QED) is 0.124. The normalized spacial score (nSPS) is 12.2. The number of aliphatic carboxylic acids is 2. The lowest BCUT2D eigenvalue weighted by atomic mass is 10.0. The highest BCUT2D eigenvalue weighted by molar-refractivity contribution is 5.98. The third-order valence-electron chi connectivity index (χ3n) is 8.67. The van der Waals surface area contributed by atoms with Gasteiger partial charge < -0.3 is 30.4 Å². The number of aliphatic hydroxyl groups is 2. The lowest BCUT2D eigenvalue weighted by molar-refractivity contribution is -0.137. The van der Waals surface area contributed by atoms with Gasteiger partial charge in [0.05, 0.1) is 22.8 Å². The molecule has 0 aromatic carbocycles. The fourth-order valence-electron chi connectivity index (χ4n) is 5.77. The van der Waals surface area contributed by atoms with Crippen molar-refractivity contribution < 1.29 is 30.0 Å². The van der Waals surface area contributed by atoms with Crippen molar-refractivity contribution in [2.24, 2.45) is 0 Å². The Morgan fingerprint density at radius 1 is 0.680 bits per heavy atom. The molecular weight excluding hydrogens is 632 g/mol. The Hall–Kier alpha value is -5.06. The fourth-order valence-corrected chi connectivity index (χ4v) is 5.77. The first-order chi connectivity index (χ1) is 23.8. The van der Waals surface area contributed by atoms with Crippen LogP contribution in [-0.4, -0.2) is 65.5 Å². The molecule has 0 aliphatic carbocycles. The van der Waals surface area contributed by atoms with Crippen LogP contribution >= 0.6 is 0 Å². The van der Waals surface area contributed by atoms with Gasteiger partial charge in [0.15, 0.2) is 0 Å². The van der Waals surface area contributed by atoms with Gasteiger partial charge in [-0.2, -0.15) is 0 Å². The van der Waals surface area contributed by atoms with Crippen LogP contribution in [-0.2, 0) is 16.0 Å². The van der Waals surface area contributed by atoms with Crippen molar-refractivity contribution in [3.63, 3.8) is 0 Å². The van der Waals surface area contributed by atoms with E-state index in [2.05, 4.69) is 23.1 Å². The molecule has 0 atom stereocenters. The molecule has 6 N–H and O–H groups in total. The number of nitrogens with one attached hydrogen (secondary N) is 2. The lowest BCUT2D eigenvalue weighted by Crippen LogP contribution is -1.98. The first-order valence-electron chi connectivity index (χ1n) is 16.9. The molecule has 3 aromatic heterocycles. The zero-order valence-corrected chi connectivity index (χ0v) is 30.0. The number of aliphatic hydroxyl groups excluding tert-OH is 2. The van der Waals surface area contributed by atoms with Crippen molar-refractivity contribution >= 4 is 62.4 Å². The van der Waals surface area contributed by atoms with Gasteiger partial charge in [0, 0.05) is 59.3 Å². The van der Waals surface area contributed by atoms with Crippen LogP contribution in [0.5, 0.6) is 0 Å². The van der Waals surface area contributed by atoms with Crippen molar-refractivity contribution in [1.82, 2.24) is 19.9 Å². The number of carboxylic acids is 2. The summed E-state index contributed by atoms with van der Waals surface area (Å²) in [5.41, 5.74) is 13.7. The summed E-state index contributed by atoms with van der Waals surface area (Å²) >= 11 is 0. The molecule has 266 valence electrons. The Morgan fingerprint density at radius 3 is 1.72 bits per heavy atom. The molecule has 8 bridgehead atoms. The number of aryl methyl sites for hydroxylation is 3. The average molecular weight is 683 g/mol. The van der Waals surface area contributed by atoms with Crippen LogP contribution in [0, 0.1) is 13.8 Å². The third kappa shape index (κ3) is 9.13. The van der Waals surface area contributed by atoms with Crippen LogP contribution in [0.15, 0.2) is 43.5 Å². The molecule has 2 aliphatic heterocycles. The zero-order chi connectivity index (χ0) is 37.1. The monoisotopic (exact) mass is 682 g/mol. The number of rotatable bonds is 10. The second-order valence-electron chi connectivity index (χ2n) is 12.2. The topological polar surface area (TPSA) is 172 Å². The average Bonchev–Trinajstić information content (AvgIpc) is 3.75. The van der Waals surface area contributed by atoms with E-state index in [0.717, 1.165) is 96.5 Å². The van der Waals surface area contributed by atoms with Crippen molar-refractivity contribution in [1.29, 1.82) is 0 Å². The fraction of sp³-hybridized carbons (Fsp3) is 0.350. The summed E-state index contributed by atoms with van der Waals surface area (Å²) in [4.78, 5) is 40.0. The molecule has 10 heteroatoms. The molecule has 0 unspecified atom stereocenters.